The van der Waals surface area contributed by atoms with Gasteiger partial charge in [-0.25, -0.2) is 9.97 Å². The predicted octanol–water partition coefficient (Wildman–Crippen LogP) is 2.76. The third-order valence-corrected chi connectivity index (χ3v) is 5.90. The minimum atomic E-state index is 0.0673. The Labute approximate surface area is 190 Å². The van der Waals surface area contributed by atoms with Crippen molar-refractivity contribution in [2.45, 2.75) is 26.7 Å². The fourth-order valence-electron chi connectivity index (χ4n) is 4.00. The lowest BCUT2D eigenvalue weighted by molar-refractivity contribution is 0.0746. The van der Waals surface area contributed by atoms with Crippen LogP contribution in [0.5, 0.6) is 5.75 Å². The number of aromatic nitrogens is 2. The Morgan fingerprint density at radius 1 is 0.969 bits per heavy atom. The first kappa shape index (κ1) is 22.3. The molecule has 2 aliphatic rings. The summed E-state index contributed by atoms with van der Waals surface area (Å²) in [5, 5.41) is 0. The van der Waals surface area contributed by atoms with Crippen molar-refractivity contribution in [1.29, 1.82) is 0 Å². The number of amides is 1. The lowest BCUT2D eigenvalue weighted by atomic mass is 10.1. The summed E-state index contributed by atoms with van der Waals surface area (Å²) in [6, 6.07) is 9.55. The van der Waals surface area contributed by atoms with Crippen LogP contribution in [0.25, 0.3) is 0 Å². The van der Waals surface area contributed by atoms with Crippen LogP contribution in [-0.4, -0.2) is 79.9 Å². The average Bonchev–Trinajstić information content (AvgIpc) is 2.84. The number of hydrogen-bond acceptors (Lipinski definition) is 7. The van der Waals surface area contributed by atoms with E-state index in [9.17, 15) is 4.79 Å². The highest BCUT2D eigenvalue weighted by Gasteiger charge is 2.24. The van der Waals surface area contributed by atoms with Crippen molar-refractivity contribution in [3.63, 3.8) is 0 Å². The Bertz CT molecular complexity index is 891. The van der Waals surface area contributed by atoms with Crippen LogP contribution in [-0.2, 0) is 4.74 Å². The summed E-state index contributed by atoms with van der Waals surface area (Å²) in [5.41, 5.74) is 0.703. The number of unbranched alkanes of at least 4 members (excludes halogenated alkanes) is 1. The van der Waals surface area contributed by atoms with Gasteiger partial charge in [0.15, 0.2) is 0 Å². The lowest BCUT2D eigenvalue weighted by Gasteiger charge is -2.36. The van der Waals surface area contributed by atoms with Crippen molar-refractivity contribution >= 4 is 17.5 Å². The van der Waals surface area contributed by atoms with Crippen molar-refractivity contribution in [2.24, 2.45) is 0 Å². The highest BCUT2D eigenvalue weighted by molar-refractivity contribution is 5.94. The molecular weight excluding hydrogens is 406 g/mol. The topological polar surface area (TPSA) is 71.0 Å². The van der Waals surface area contributed by atoms with E-state index in [-0.39, 0.29) is 5.91 Å². The second kappa shape index (κ2) is 10.6. The number of anilines is 2. The molecule has 0 radical (unpaired) electrons. The standard InChI is InChI=1S/C24H33N5O3/c1-3-4-15-32-21-7-5-20(6-8-21)24(30)29-11-9-27(10-12-29)22-18-23(26-19(2)25-22)28-13-16-31-17-14-28/h5-8,18H,3-4,9-17H2,1-2H3. The van der Waals surface area contributed by atoms with Crippen LogP contribution < -0.4 is 14.5 Å². The van der Waals surface area contributed by atoms with Crippen LogP contribution in [0.2, 0.25) is 0 Å². The van der Waals surface area contributed by atoms with Gasteiger partial charge in [-0.2, -0.15) is 0 Å². The van der Waals surface area contributed by atoms with E-state index >= 15 is 0 Å². The monoisotopic (exact) mass is 439 g/mol. The molecule has 2 aliphatic heterocycles. The summed E-state index contributed by atoms with van der Waals surface area (Å²) in [4.78, 5) is 28.6. The first-order chi connectivity index (χ1) is 15.6. The number of hydrogen-bond donors (Lipinski definition) is 0. The van der Waals surface area contributed by atoms with Crippen molar-refractivity contribution in [1.82, 2.24) is 14.9 Å². The molecule has 1 aromatic carbocycles. The first-order valence-electron chi connectivity index (χ1n) is 11.6. The van der Waals surface area contributed by atoms with Gasteiger partial charge in [-0.15, -0.1) is 0 Å². The van der Waals surface area contributed by atoms with E-state index < -0.39 is 0 Å². The number of ether oxygens (including phenoxy) is 2. The molecule has 2 aromatic rings. The molecule has 0 N–H and O–H groups in total. The van der Waals surface area contributed by atoms with Crippen molar-refractivity contribution in [2.75, 3.05) is 68.9 Å². The van der Waals surface area contributed by atoms with Crippen molar-refractivity contribution in [3.05, 3.63) is 41.7 Å². The molecule has 1 aromatic heterocycles. The van der Waals surface area contributed by atoms with Gasteiger partial charge in [-0.3, -0.25) is 4.79 Å². The van der Waals surface area contributed by atoms with Crippen LogP contribution in [0.15, 0.2) is 30.3 Å². The van der Waals surface area contributed by atoms with Gasteiger partial charge >= 0.3 is 0 Å². The van der Waals surface area contributed by atoms with Gasteiger partial charge in [0.05, 0.1) is 19.8 Å². The molecule has 0 aliphatic carbocycles. The lowest BCUT2D eigenvalue weighted by Crippen LogP contribution is -2.49. The molecule has 0 atom stereocenters. The van der Waals surface area contributed by atoms with E-state index in [2.05, 4.69) is 32.8 Å². The molecule has 8 nitrogen and oxygen atoms in total. The second-order valence-corrected chi connectivity index (χ2v) is 8.24. The Hall–Kier alpha value is -2.87. The largest absolute Gasteiger partial charge is 0.494 e. The van der Waals surface area contributed by atoms with E-state index in [1.54, 1.807) is 0 Å². The third kappa shape index (κ3) is 5.48. The molecule has 4 rings (SSSR count). The smallest absolute Gasteiger partial charge is 0.253 e. The third-order valence-electron chi connectivity index (χ3n) is 5.90. The summed E-state index contributed by atoms with van der Waals surface area (Å²) in [6.07, 6.45) is 2.14. The Kier molecular flexibility index (Phi) is 7.42. The highest BCUT2D eigenvalue weighted by Crippen LogP contribution is 2.22. The maximum atomic E-state index is 13.0. The number of rotatable bonds is 7. The Morgan fingerprint density at radius 3 is 2.22 bits per heavy atom. The van der Waals surface area contributed by atoms with Gasteiger partial charge in [-0.05, 0) is 37.6 Å². The number of piperazine rings is 1. The normalized spacial score (nSPS) is 16.9. The zero-order valence-corrected chi connectivity index (χ0v) is 19.1. The molecule has 1 amide bonds. The van der Waals surface area contributed by atoms with Gasteiger partial charge in [0.2, 0.25) is 0 Å². The number of nitrogens with zero attached hydrogens (tertiary/aromatic N) is 5. The Morgan fingerprint density at radius 2 is 1.59 bits per heavy atom. The quantitative estimate of drug-likeness (QED) is 0.615. The van der Waals surface area contributed by atoms with Crippen LogP contribution in [0.1, 0.15) is 35.9 Å². The Balaban J connectivity index is 1.34. The van der Waals surface area contributed by atoms with E-state index in [0.717, 1.165) is 75.4 Å². The molecule has 2 fully saturated rings. The SMILES string of the molecule is CCCCOc1ccc(C(=O)N2CCN(c3cc(N4CCOCC4)nc(C)n3)CC2)cc1. The minimum absolute atomic E-state index is 0.0673. The molecule has 0 spiro atoms. The number of aryl methyl sites for hydroxylation is 1. The summed E-state index contributed by atoms with van der Waals surface area (Å²) in [7, 11) is 0. The summed E-state index contributed by atoms with van der Waals surface area (Å²) >= 11 is 0. The van der Waals surface area contributed by atoms with E-state index in [0.29, 0.717) is 25.3 Å². The van der Waals surface area contributed by atoms with Gasteiger partial charge in [-0.1, -0.05) is 13.3 Å². The first-order valence-corrected chi connectivity index (χ1v) is 11.6. The number of benzene rings is 1. The molecule has 172 valence electrons. The van der Waals surface area contributed by atoms with Crippen LogP contribution >= 0.6 is 0 Å². The fraction of sp³-hybridized carbons (Fsp3) is 0.542. The molecular formula is C24H33N5O3. The summed E-state index contributed by atoms with van der Waals surface area (Å²) < 4.78 is 11.2. The molecule has 0 unspecified atom stereocenters. The number of morpholine rings is 1. The van der Waals surface area contributed by atoms with Crippen molar-refractivity contribution in [3.8, 4) is 5.75 Å². The molecule has 32 heavy (non-hydrogen) atoms. The predicted molar refractivity (Wildman–Crippen MR) is 125 cm³/mol. The van der Waals surface area contributed by atoms with Gasteiger partial charge in [0.25, 0.3) is 5.91 Å². The molecule has 0 saturated carbocycles. The average molecular weight is 440 g/mol. The maximum Gasteiger partial charge on any atom is 0.253 e. The molecule has 0 bridgehead atoms. The van der Waals surface area contributed by atoms with Gasteiger partial charge < -0.3 is 24.2 Å². The summed E-state index contributed by atoms with van der Waals surface area (Å²) in [6.45, 7) is 10.8. The second-order valence-electron chi connectivity index (χ2n) is 8.24. The van der Waals surface area contributed by atoms with Crippen LogP contribution in [0.3, 0.4) is 0 Å². The van der Waals surface area contributed by atoms with Crippen LogP contribution in [0.4, 0.5) is 11.6 Å². The molecule has 2 saturated heterocycles. The molecule has 3 heterocycles. The van der Waals surface area contributed by atoms with Gasteiger partial charge in [0, 0.05) is 50.9 Å². The van der Waals surface area contributed by atoms with E-state index in [1.165, 1.54) is 0 Å². The molecule has 8 heteroatoms. The zero-order chi connectivity index (χ0) is 22.3. The van der Waals surface area contributed by atoms with E-state index in [4.69, 9.17) is 9.47 Å². The summed E-state index contributed by atoms with van der Waals surface area (Å²) in [5.74, 6) is 3.53. The number of carbonyl (C=O) groups is 1. The highest BCUT2D eigenvalue weighted by atomic mass is 16.5. The minimum Gasteiger partial charge on any atom is -0.494 e. The number of carbonyl (C=O) groups excluding carboxylic acids is 1. The zero-order valence-electron chi connectivity index (χ0n) is 19.1. The fourth-order valence-corrected chi connectivity index (χ4v) is 4.00. The maximum absolute atomic E-state index is 13.0. The van der Waals surface area contributed by atoms with E-state index in [1.807, 2.05) is 36.1 Å². The van der Waals surface area contributed by atoms with Crippen molar-refractivity contribution < 1.29 is 14.3 Å². The van der Waals surface area contributed by atoms with Crippen LogP contribution in [0, 0.1) is 6.92 Å². The van der Waals surface area contributed by atoms with Gasteiger partial charge in [0.1, 0.15) is 23.2 Å².